The van der Waals surface area contributed by atoms with Gasteiger partial charge in [0.25, 0.3) is 5.91 Å². The van der Waals surface area contributed by atoms with Crippen LogP contribution in [0.3, 0.4) is 0 Å². The number of alkyl halides is 1. The SMILES string of the molecule is CONC(=O)C1(F)CCC1. The quantitative estimate of drug-likeness (QED) is 0.579. The van der Waals surface area contributed by atoms with E-state index < -0.39 is 11.6 Å². The molecule has 0 radical (unpaired) electrons. The largest absolute Gasteiger partial charge is 0.281 e. The van der Waals surface area contributed by atoms with Crippen LogP contribution >= 0.6 is 0 Å². The summed E-state index contributed by atoms with van der Waals surface area (Å²) >= 11 is 0. The maximum Gasteiger partial charge on any atom is 0.281 e. The molecule has 0 aromatic heterocycles. The van der Waals surface area contributed by atoms with Gasteiger partial charge in [-0.1, -0.05) is 0 Å². The van der Waals surface area contributed by atoms with E-state index in [0.29, 0.717) is 12.8 Å². The van der Waals surface area contributed by atoms with Crippen molar-refractivity contribution in [2.75, 3.05) is 7.11 Å². The molecule has 1 aliphatic carbocycles. The smallest absolute Gasteiger partial charge is 0.277 e. The van der Waals surface area contributed by atoms with Crippen LogP contribution < -0.4 is 5.48 Å². The first-order valence-electron chi connectivity index (χ1n) is 3.21. The molecular weight excluding hydrogens is 137 g/mol. The second-order valence-electron chi connectivity index (χ2n) is 2.45. The lowest BCUT2D eigenvalue weighted by Crippen LogP contribution is -2.47. The van der Waals surface area contributed by atoms with Crippen LogP contribution in [0.4, 0.5) is 4.39 Å². The molecule has 10 heavy (non-hydrogen) atoms. The molecule has 0 aromatic rings. The van der Waals surface area contributed by atoms with Gasteiger partial charge in [0.2, 0.25) is 0 Å². The molecule has 0 bridgehead atoms. The highest BCUT2D eigenvalue weighted by Crippen LogP contribution is 2.35. The fraction of sp³-hybridized carbons (Fsp3) is 0.833. The molecule has 1 rings (SSSR count). The number of carbonyl (C=O) groups excluding carboxylic acids is 1. The summed E-state index contributed by atoms with van der Waals surface area (Å²) in [5, 5.41) is 0. The molecule has 0 atom stereocenters. The normalized spacial score (nSPS) is 21.4. The molecule has 1 fully saturated rings. The van der Waals surface area contributed by atoms with E-state index in [-0.39, 0.29) is 0 Å². The highest BCUT2D eigenvalue weighted by Gasteiger charge is 2.44. The Hall–Kier alpha value is -0.640. The Balaban J connectivity index is 2.39. The summed E-state index contributed by atoms with van der Waals surface area (Å²) in [4.78, 5) is 15.0. The van der Waals surface area contributed by atoms with E-state index in [2.05, 4.69) is 4.84 Å². The van der Waals surface area contributed by atoms with Crippen LogP contribution in [0.5, 0.6) is 0 Å². The first kappa shape index (κ1) is 7.47. The zero-order valence-corrected chi connectivity index (χ0v) is 5.82. The Kier molecular flexibility index (Phi) is 1.89. The molecule has 1 saturated carbocycles. The van der Waals surface area contributed by atoms with Crippen LogP contribution in [-0.4, -0.2) is 18.7 Å². The van der Waals surface area contributed by atoms with Crippen LogP contribution in [0, 0.1) is 0 Å². The van der Waals surface area contributed by atoms with Crippen molar-refractivity contribution in [3.63, 3.8) is 0 Å². The van der Waals surface area contributed by atoms with Gasteiger partial charge >= 0.3 is 0 Å². The summed E-state index contributed by atoms with van der Waals surface area (Å²) in [5.41, 5.74) is 0.331. The van der Waals surface area contributed by atoms with Crippen molar-refractivity contribution < 1.29 is 14.0 Å². The summed E-state index contributed by atoms with van der Waals surface area (Å²) in [6, 6.07) is 0. The highest BCUT2D eigenvalue weighted by atomic mass is 19.1. The van der Waals surface area contributed by atoms with Crippen LogP contribution in [0.25, 0.3) is 0 Å². The molecule has 4 heteroatoms. The molecule has 0 saturated heterocycles. The van der Waals surface area contributed by atoms with Gasteiger partial charge in [-0.25, -0.2) is 9.87 Å². The van der Waals surface area contributed by atoms with Gasteiger partial charge in [0.05, 0.1) is 7.11 Å². The topological polar surface area (TPSA) is 38.3 Å². The molecule has 0 aromatic carbocycles. The Labute approximate surface area is 58.5 Å². The molecular formula is C6H10FNO2. The minimum Gasteiger partial charge on any atom is -0.277 e. The Bertz CT molecular complexity index is 145. The number of amides is 1. The van der Waals surface area contributed by atoms with Crippen LogP contribution in [0.2, 0.25) is 0 Å². The van der Waals surface area contributed by atoms with Gasteiger partial charge in [-0.2, -0.15) is 0 Å². The maximum absolute atomic E-state index is 13.0. The van der Waals surface area contributed by atoms with Crippen molar-refractivity contribution >= 4 is 5.91 Å². The third-order valence-electron chi connectivity index (χ3n) is 1.75. The first-order chi connectivity index (χ1) is 4.69. The second-order valence-corrected chi connectivity index (χ2v) is 2.45. The van der Waals surface area contributed by atoms with Crippen LogP contribution in [0.1, 0.15) is 19.3 Å². The van der Waals surface area contributed by atoms with Crippen molar-refractivity contribution in [1.29, 1.82) is 0 Å². The predicted molar refractivity (Wildman–Crippen MR) is 32.8 cm³/mol. The van der Waals surface area contributed by atoms with E-state index in [1.165, 1.54) is 7.11 Å². The van der Waals surface area contributed by atoms with Gasteiger partial charge < -0.3 is 0 Å². The molecule has 58 valence electrons. The van der Waals surface area contributed by atoms with Crippen molar-refractivity contribution in [2.45, 2.75) is 24.9 Å². The molecule has 1 aliphatic rings. The average molecular weight is 147 g/mol. The highest BCUT2D eigenvalue weighted by molar-refractivity contribution is 5.85. The Morgan fingerprint density at radius 2 is 2.30 bits per heavy atom. The zero-order valence-electron chi connectivity index (χ0n) is 5.82. The van der Waals surface area contributed by atoms with Crippen LogP contribution in [-0.2, 0) is 9.63 Å². The lowest BCUT2D eigenvalue weighted by atomic mass is 9.81. The number of halogens is 1. The number of rotatable bonds is 2. The molecule has 0 aliphatic heterocycles. The number of nitrogens with one attached hydrogen (secondary N) is 1. The summed E-state index contributed by atoms with van der Waals surface area (Å²) in [7, 11) is 1.29. The maximum atomic E-state index is 13.0. The van der Waals surface area contributed by atoms with Gasteiger partial charge in [0.1, 0.15) is 0 Å². The minimum atomic E-state index is -1.64. The average Bonchev–Trinajstić information content (AvgIpc) is 1.83. The lowest BCUT2D eigenvalue weighted by Gasteiger charge is -2.31. The van der Waals surface area contributed by atoms with E-state index in [9.17, 15) is 9.18 Å². The molecule has 1 amide bonds. The summed E-state index contributed by atoms with van der Waals surface area (Å²) in [5.74, 6) is -0.652. The van der Waals surface area contributed by atoms with Crippen molar-refractivity contribution in [2.24, 2.45) is 0 Å². The summed E-state index contributed by atoms with van der Waals surface area (Å²) < 4.78 is 13.0. The lowest BCUT2D eigenvalue weighted by molar-refractivity contribution is -0.149. The fourth-order valence-corrected chi connectivity index (χ4v) is 0.898. The first-order valence-corrected chi connectivity index (χ1v) is 3.21. The number of hydroxylamine groups is 1. The predicted octanol–water partition coefficient (Wildman–Crippen LogP) is 0.556. The van der Waals surface area contributed by atoms with Gasteiger partial charge in [-0.15, -0.1) is 0 Å². The number of hydrogen-bond acceptors (Lipinski definition) is 2. The third kappa shape index (κ3) is 1.11. The molecule has 0 spiro atoms. The summed E-state index contributed by atoms with van der Waals surface area (Å²) in [6.45, 7) is 0. The number of hydrogen-bond donors (Lipinski definition) is 1. The van der Waals surface area contributed by atoms with Crippen molar-refractivity contribution in [3.8, 4) is 0 Å². The van der Waals surface area contributed by atoms with Crippen molar-refractivity contribution in [3.05, 3.63) is 0 Å². The van der Waals surface area contributed by atoms with Crippen molar-refractivity contribution in [1.82, 2.24) is 5.48 Å². The fourth-order valence-electron chi connectivity index (χ4n) is 0.898. The van der Waals surface area contributed by atoms with Gasteiger partial charge in [0.15, 0.2) is 5.67 Å². The Morgan fingerprint density at radius 1 is 1.70 bits per heavy atom. The Morgan fingerprint density at radius 3 is 2.60 bits per heavy atom. The van der Waals surface area contributed by atoms with E-state index in [4.69, 9.17) is 0 Å². The number of carbonyl (C=O) groups is 1. The zero-order chi connectivity index (χ0) is 7.61. The van der Waals surface area contributed by atoms with E-state index >= 15 is 0 Å². The van der Waals surface area contributed by atoms with E-state index in [1.54, 1.807) is 0 Å². The minimum absolute atomic E-state index is 0.322. The van der Waals surface area contributed by atoms with E-state index in [1.807, 2.05) is 5.48 Å². The standard InChI is InChI=1S/C6H10FNO2/c1-10-8-5(9)6(7)3-2-4-6/h2-4H2,1H3,(H,8,9). The van der Waals surface area contributed by atoms with Gasteiger partial charge in [0, 0.05) is 0 Å². The third-order valence-corrected chi connectivity index (χ3v) is 1.75. The summed E-state index contributed by atoms with van der Waals surface area (Å²) in [6.07, 6.45) is 1.43. The molecule has 0 heterocycles. The monoisotopic (exact) mass is 147 g/mol. The molecule has 3 nitrogen and oxygen atoms in total. The van der Waals surface area contributed by atoms with E-state index in [0.717, 1.165) is 6.42 Å². The van der Waals surface area contributed by atoms with Gasteiger partial charge in [-0.3, -0.25) is 9.63 Å². The van der Waals surface area contributed by atoms with Gasteiger partial charge in [-0.05, 0) is 19.3 Å². The molecule has 0 unspecified atom stereocenters. The second kappa shape index (κ2) is 2.54. The molecule has 1 N–H and O–H groups in total. The van der Waals surface area contributed by atoms with Crippen LogP contribution in [0.15, 0.2) is 0 Å².